The number of amides is 1. The molecule has 5 rings (SSSR count). The Kier molecular flexibility index (Phi) is 4.42. The lowest BCUT2D eigenvalue weighted by molar-refractivity contribution is -0.135. The summed E-state index contributed by atoms with van der Waals surface area (Å²) in [7, 11) is 1.85. The van der Waals surface area contributed by atoms with Gasteiger partial charge in [-0.25, -0.2) is 9.97 Å². The van der Waals surface area contributed by atoms with Crippen LogP contribution in [0, 0.1) is 5.92 Å². The zero-order chi connectivity index (χ0) is 19.8. The van der Waals surface area contributed by atoms with Gasteiger partial charge in [0.25, 0.3) is 0 Å². The topological polar surface area (TPSA) is 66.9 Å². The summed E-state index contributed by atoms with van der Waals surface area (Å²) in [6.07, 6.45) is 7.09. The van der Waals surface area contributed by atoms with E-state index < -0.39 is 0 Å². The minimum absolute atomic E-state index is 0.0348. The summed E-state index contributed by atoms with van der Waals surface area (Å²) in [5.74, 6) is 1.97. The summed E-state index contributed by atoms with van der Waals surface area (Å²) in [5.41, 5.74) is 2.81. The SMILES string of the molecule is CN(Cc1ccco1)C(=O)C1CCN(c2nc3ncccc3n3cccc23)CC1. The van der Waals surface area contributed by atoms with Gasteiger partial charge in [-0.1, -0.05) is 0 Å². The quantitative estimate of drug-likeness (QED) is 0.535. The largest absolute Gasteiger partial charge is 0.467 e. The number of nitrogens with zero attached hydrogens (tertiary/aromatic N) is 5. The fourth-order valence-electron chi connectivity index (χ4n) is 4.19. The van der Waals surface area contributed by atoms with Crippen LogP contribution >= 0.6 is 0 Å². The average molecular weight is 389 g/mol. The molecule has 0 bridgehead atoms. The van der Waals surface area contributed by atoms with Crippen LogP contribution in [0.15, 0.2) is 59.5 Å². The van der Waals surface area contributed by atoms with Gasteiger partial charge in [-0.2, -0.15) is 0 Å². The fourth-order valence-corrected chi connectivity index (χ4v) is 4.19. The highest BCUT2D eigenvalue weighted by molar-refractivity contribution is 5.83. The van der Waals surface area contributed by atoms with Crippen molar-refractivity contribution in [1.82, 2.24) is 19.3 Å². The number of carbonyl (C=O) groups excluding carboxylic acids is 1. The van der Waals surface area contributed by atoms with Gasteiger partial charge >= 0.3 is 0 Å². The summed E-state index contributed by atoms with van der Waals surface area (Å²) in [5, 5.41) is 0. The van der Waals surface area contributed by atoms with Crippen molar-refractivity contribution in [2.75, 3.05) is 25.0 Å². The summed E-state index contributed by atoms with van der Waals surface area (Å²) in [6, 6.07) is 11.8. The smallest absolute Gasteiger partial charge is 0.225 e. The van der Waals surface area contributed by atoms with Crippen molar-refractivity contribution in [2.45, 2.75) is 19.4 Å². The van der Waals surface area contributed by atoms with Crippen LogP contribution in [0.2, 0.25) is 0 Å². The van der Waals surface area contributed by atoms with Crippen molar-refractivity contribution in [3.63, 3.8) is 0 Å². The minimum Gasteiger partial charge on any atom is -0.467 e. The van der Waals surface area contributed by atoms with Crippen LogP contribution in [0.25, 0.3) is 16.7 Å². The van der Waals surface area contributed by atoms with Gasteiger partial charge in [0.1, 0.15) is 5.76 Å². The Hall–Kier alpha value is -3.35. The van der Waals surface area contributed by atoms with E-state index in [0.717, 1.165) is 54.2 Å². The standard InChI is InChI=1S/C22H23N5O2/c1-25(15-17-5-4-14-29-17)22(28)16-8-12-26(13-9-16)21-19-7-3-11-27(19)18-6-2-10-23-20(18)24-21/h2-7,10-11,14,16H,8-9,12-13,15H2,1H3. The molecule has 4 aromatic heterocycles. The van der Waals surface area contributed by atoms with E-state index in [1.165, 1.54) is 0 Å². The average Bonchev–Trinajstić information content (AvgIpc) is 3.45. The van der Waals surface area contributed by atoms with Gasteiger partial charge < -0.3 is 18.6 Å². The second-order valence-electron chi connectivity index (χ2n) is 7.58. The van der Waals surface area contributed by atoms with Gasteiger partial charge in [-0.05, 0) is 49.2 Å². The molecule has 1 aliphatic rings. The Bertz CT molecular complexity index is 1140. The molecule has 148 valence electrons. The third-order valence-electron chi connectivity index (χ3n) is 5.71. The zero-order valence-corrected chi connectivity index (χ0v) is 16.4. The Morgan fingerprint density at radius 2 is 2.00 bits per heavy atom. The molecule has 0 aliphatic carbocycles. The van der Waals surface area contributed by atoms with Crippen molar-refractivity contribution in [3.05, 3.63) is 60.8 Å². The molecule has 5 heterocycles. The zero-order valence-electron chi connectivity index (χ0n) is 16.4. The molecular weight excluding hydrogens is 366 g/mol. The number of carbonyl (C=O) groups is 1. The second-order valence-corrected chi connectivity index (χ2v) is 7.58. The maximum absolute atomic E-state index is 12.8. The Balaban J connectivity index is 1.33. The van der Waals surface area contributed by atoms with Crippen LogP contribution in [0.1, 0.15) is 18.6 Å². The van der Waals surface area contributed by atoms with E-state index in [4.69, 9.17) is 9.40 Å². The first-order chi connectivity index (χ1) is 14.2. The number of fused-ring (bicyclic) bond motifs is 3. The van der Waals surface area contributed by atoms with Gasteiger partial charge in [0.05, 0.1) is 23.8 Å². The van der Waals surface area contributed by atoms with Crippen LogP contribution in [0.4, 0.5) is 5.82 Å². The first-order valence-electron chi connectivity index (χ1n) is 9.95. The van der Waals surface area contributed by atoms with Gasteiger partial charge in [0.15, 0.2) is 11.5 Å². The monoisotopic (exact) mass is 389 g/mol. The maximum Gasteiger partial charge on any atom is 0.225 e. The van der Waals surface area contributed by atoms with E-state index in [1.807, 2.05) is 43.6 Å². The Labute approximate surface area is 168 Å². The molecule has 7 heteroatoms. The molecule has 1 fully saturated rings. The van der Waals surface area contributed by atoms with Crippen molar-refractivity contribution < 1.29 is 9.21 Å². The van der Waals surface area contributed by atoms with E-state index in [2.05, 4.69) is 20.4 Å². The fraction of sp³-hybridized carbons (Fsp3) is 0.318. The van der Waals surface area contributed by atoms with E-state index >= 15 is 0 Å². The number of furan rings is 1. The van der Waals surface area contributed by atoms with Crippen LogP contribution in [-0.4, -0.2) is 45.3 Å². The lowest BCUT2D eigenvalue weighted by Gasteiger charge is -2.34. The Morgan fingerprint density at radius 1 is 1.17 bits per heavy atom. The first-order valence-corrected chi connectivity index (χ1v) is 9.95. The molecule has 0 spiro atoms. The van der Waals surface area contributed by atoms with Gasteiger partial charge in [-0.3, -0.25) is 4.79 Å². The molecule has 0 atom stereocenters. The van der Waals surface area contributed by atoms with Crippen molar-refractivity contribution in [3.8, 4) is 0 Å². The van der Waals surface area contributed by atoms with E-state index in [-0.39, 0.29) is 11.8 Å². The number of piperidine rings is 1. The molecule has 0 N–H and O–H groups in total. The molecular formula is C22H23N5O2. The second kappa shape index (κ2) is 7.24. The van der Waals surface area contributed by atoms with Crippen LogP contribution in [0.5, 0.6) is 0 Å². The van der Waals surface area contributed by atoms with Crippen molar-refractivity contribution in [1.29, 1.82) is 0 Å². The van der Waals surface area contributed by atoms with Crippen molar-refractivity contribution >= 4 is 28.4 Å². The summed E-state index contributed by atoms with van der Waals surface area (Å²) in [4.78, 5) is 26.2. The molecule has 0 radical (unpaired) electrons. The number of anilines is 1. The highest BCUT2D eigenvalue weighted by Gasteiger charge is 2.29. The highest BCUT2D eigenvalue weighted by atomic mass is 16.3. The summed E-state index contributed by atoms with van der Waals surface area (Å²) < 4.78 is 7.50. The first kappa shape index (κ1) is 17.7. The van der Waals surface area contributed by atoms with Crippen LogP contribution in [-0.2, 0) is 11.3 Å². The third-order valence-corrected chi connectivity index (χ3v) is 5.71. The minimum atomic E-state index is 0.0348. The lowest BCUT2D eigenvalue weighted by Crippen LogP contribution is -2.41. The lowest BCUT2D eigenvalue weighted by atomic mass is 9.95. The normalized spacial score (nSPS) is 15.3. The predicted molar refractivity (Wildman–Crippen MR) is 111 cm³/mol. The molecule has 7 nitrogen and oxygen atoms in total. The number of aromatic nitrogens is 3. The van der Waals surface area contributed by atoms with Gasteiger partial charge in [0, 0.05) is 38.4 Å². The highest BCUT2D eigenvalue weighted by Crippen LogP contribution is 2.29. The van der Waals surface area contributed by atoms with Crippen LogP contribution in [0.3, 0.4) is 0 Å². The number of pyridine rings is 1. The number of rotatable bonds is 4. The van der Waals surface area contributed by atoms with Crippen molar-refractivity contribution in [2.24, 2.45) is 5.92 Å². The maximum atomic E-state index is 12.8. The molecule has 0 saturated carbocycles. The van der Waals surface area contributed by atoms with Gasteiger partial charge in [-0.15, -0.1) is 0 Å². The van der Waals surface area contributed by atoms with E-state index in [1.54, 1.807) is 17.4 Å². The third kappa shape index (κ3) is 3.22. The number of hydrogen-bond donors (Lipinski definition) is 0. The van der Waals surface area contributed by atoms with Gasteiger partial charge in [0.2, 0.25) is 5.91 Å². The summed E-state index contributed by atoms with van der Waals surface area (Å²) in [6.45, 7) is 2.11. The van der Waals surface area contributed by atoms with Crippen LogP contribution < -0.4 is 4.90 Å². The Morgan fingerprint density at radius 3 is 2.79 bits per heavy atom. The molecule has 1 aliphatic heterocycles. The number of hydrogen-bond acceptors (Lipinski definition) is 5. The van der Waals surface area contributed by atoms with E-state index in [9.17, 15) is 4.79 Å². The molecule has 1 saturated heterocycles. The molecule has 1 amide bonds. The predicted octanol–water partition coefficient (Wildman–Crippen LogP) is 3.35. The summed E-state index contributed by atoms with van der Waals surface area (Å²) >= 11 is 0. The molecule has 0 unspecified atom stereocenters. The molecule has 29 heavy (non-hydrogen) atoms. The molecule has 4 aromatic rings. The molecule has 0 aromatic carbocycles. The van der Waals surface area contributed by atoms with E-state index in [0.29, 0.717) is 6.54 Å².